The lowest BCUT2D eigenvalue weighted by atomic mass is 9.74. The van der Waals surface area contributed by atoms with Crippen LogP contribution in [0.2, 0.25) is 0 Å². The standard InChI is InChI=1S/C18H19N7/c1-20-18(3-2-4-18)15-7-14(12-8-21-16(19)22-9-12)23-17(24-15)25-10-11-5-13(25)6-11/h7-9,11,13H,2-6,10H2,(H2,19,21,22). The molecule has 2 aliphatic heterocycles. The second-order valence-electron chi connectivity index (χ2n) is 7.41. The zero-order valence-corrected chi connectivity index (χ0v) is 13.9. The van der Waals surface area contributed by atoms with Gasteiger partial charge in [-0.3, -0.25) is 0 Å². The summed E-state index contributed by atoms with van der Waals surface area (Å²) in [4.78, 5) is 24.0. The summed E-state index contributed by atoms with van der Waals surface area (Å²) in [5, 5.41) is 0. The molecule has 0 spiro atoms. The molecule has 6 rings (SSSR count). The van der Waals surface area contributed by atoms with E-state index in [4.69, 9.17) is 22.3 Å². The van der Waals surface area contributed by atoms with Crippen LogP contribution in [-0.2, 0) is 5.54 Å². The first kappa shape index (κ1) is 14.6. The van der Waals surface area contributed by atoms with Crippen molar-refractivity contribution >= 4 is 11.9 Å². The maximum absolute atomic E-state index is 7.69. The largest absolute Gasteiger partial charge is 0.368 e. The van der Waals surface area contributed by atoms with Gasteiger partial charge < -0.3 is 15.5 Å². The quantitative estimate of drug-likeness (QED) is 0.868. The molecule has 2 aromatic heterocycles. The Morgan fingerprint density at radius 3 is 2.52 bits per heavy atom. The molecule has 7 heteroatoms. The van der Waals surface area contributed by atoms with E-state index in [0.29, 0.717) is 6.04 Å². The third-order valence-electron chi connectivity index (χ3n) is 5.92. The minimum atomic E-state index is -0.482. The molecule has 4 fully saturated rings. The van der Waals surface area contributed by atoms with Gasteiger partial charge in [-0.05, 0) is 31.2 Å². The fraction of sp³-hybridized carbons (Fsp3) is 0.500. The number of anilines is 2. The van der Waals surface area contributed by atoms with Crippen LogP contribution in [0.3, 0.4) is 0 Å². The summed E-state index contributed by atoms with van der Waals surface area (Å²) >= 11 is 0. The molecule has 2 saturated carbocycles. The number of hydrogen-bond donors (Lipinski definition) is 1. The first-order chi connectivity index (χ1) is 12.2. The van der Waals surface area contributed by atoms with Gasteiger partial charge in [0.25, 0.3) is 5.54 Å². The fourth-order valence-corrected chi connectivity index (χ4v) is 4.13. The SMILES string of the molecule is [C-]#[N+]C1(c2cc(-c3cnc(N)nc3)nc(N3CC4CC3C4)n2)CCC1. The molecular weight excluding hydrogens is 314 g/mol. The number of rotatable bonds is 3. The van der Waals surface area contributed by atoms with Crippen molar-refractivity contribution in [2.75, 3.05) is 17.2 Å². The Labute approximate surface area is 146 Å². The van der Waals surface area contributed by atoms with Crippen LogP contribution in [0.4, 0.5) is 11.9 Å². The van der Waals surface area contributed by atoms with Crippen LogP contribution in [0, 0.1) is 12.5 Å². The number of nitrogens with two attached hydrogens (primary N) is 1. The fourth-order valence-electron chi connectivity index (χ4n) is 4.13. The van der Waals surface area contributed by atoms with E-state index in [0.717, 1.165) is 54.6 Å². The van der Waals surface area contributed by atoms with Crippen LogP contribution in [0.5, 0.6) is 0 Å². The number of fused-ring (bicyclic) bond motifs is 1. The molecule has 0 amide bonds. The highest BCUT2D eigenvalue weighted by molar-refractivity contribution is 5.61. The Balaban J connectivity index is 1.62. The Bertz CT molecular complexity index is 860. The van der Waals surface area contributed by atoms with Crippen molar-refractivity contribution in [2.24, 2.45) is 5.92 Å². The van der Waals surface area contributed by atoms with Gasteiger partial charge in [0.1, 0.15) is 5.69 Å². The van der Waals surface area contributed by atoms with Crippen molar-refractivity contribution in [1.29, 1.82) is 0 Å². The molecule has 0 aromatic carbocycles. The maximum atomic E-state index is 7.69. The summed E-state index contributed by atoms with van der Waals surface area (Å²) in [7, 11) is 0. The van der Waals surface area contributed by atoms with E-state index < -0.39 is 5.54 Å². The van der Waals surface area contributed by atoms with Gasteiger partial charge in [0, 0.05) is 43.4 Å². The van der Waals surface area contributed by atoms with E-state index in [9.17, 15) is 0 Å². The lowest BCUT2D eigenvalue weighted by Crippen LogP contribution is -2.34. The third kappa shape index (κ3) is 2.17. The van der Waals surface area contributed by atoms with Gasteiger partial charge in [0.2, 0.25) is 11.9 Å². The second kappa shape index (κ2) is 5.12. The van der Waals surface area contributed by atoms with Crippen molar-refractivity contribution in [2.45, 2.75) is 43.7 Å². The number of nitrogens with zero attached hydrogens (tertiary/aromatic N) is 6. The Hall–Kier alpha value is -2.75. The van der Waals surface area contributed by atoms with Crippen LogP contribution >= 0.6 is 0 Å². The molecule has 2 aromatic rings. The molecule has 2 aliphatic carbocycles. The van der Waals surface area contributed by atoms with E-state index in [1.165, 1.54) is 12.8 Å². The molecule has 2 saturated heterocycles. The lowest BCUT2D eigenvalue weighted by molar-refractivity contribution is 0.302. The Morgan fingerprint density at radius 2 is 1.96 bits per heavy atom. The zero-order chi connectivity index (χ0) is 17.0. The first-order valence-electron chi connectivity index (χ1n) is 8.80. The summed E-state index contributed by atoms with van der Waals surface area (Å²) in [6, 6.07) is 2.50. The van der Waals surface area contributed by atoms with Crippen molar-refractivity contribution < 1.29 is 0 Å². The van der Waals surface area contributed by atoms with Crippen molar-refractivity contribution in [3.63, 3.8) is 0 Å². The first-order valence-corrected chi connectivity index (χ1v) is 8.80. The smallest absolute Gasteiger partial charge is 0.274 e. The Kier molecular flexibility index (Phi) is 2.99. The molecule has 0 unspecified atom stereocenters. The second-order valence-corrected chi connectivity index (χ2v) is 7.41. The highest BCUT2D eigenvalue weighted by Gasteiger charge is 2.49. The average molecular weight is 333 g/mol. The molecule has 126 valence electrons. The lowest BCUT2D eigenvalue weighted by Gasteiger charge is -2.31. The number of aromatic nitrogens is 4. The van der Waals surface area contributed by atoms with Gasteiger partial charge in [0.05, 0.1) is 5.69 Å². The van der Waals surface area contributed by atoms with E-state index >= 15 is 0 Å². The van der Waals surface area contributed by atoms with Gasteiger partial charge in [-0.15, -0.1) is 0 Å². The van der Waals surface area contributed by atoms with Gasteiger partial charge in [-0.25, -0.2) is 26.5 Å². The summed E-state index contributed by atoms with van der Waals surface area (Å²) in [6.07, 6.45) is 8.67. The number of nitrogen functional groups attached to an aromatic ring is 1. The zero-order valence-electron chi connectivity index (χ0n) is 13.9. The van der Waals surface area contributed by atoms with E-state index in [2.05, 4.69) is 19.7 Å². The third-order valence-corrected chi connectivity index (χ3v) is 5.92. The van der Waals surface area contributed by atoms with Crippen molar-refractivity contribution in [1.82, 2.24) is 19.9 Å². The summed E-state index contributed by atoms with van der Waals surface area (Å²) in [5.41, 5.74) is 7.55. The highest BCUT2D eigenvalue weighted by atomic mass is 15.3. The summed E-state index contributed by atoms with van der Waals surface area (Å²) in [6.45, 7) is 8.71. The molecule has 2 bridgehead atoms. The maximum Gasteiger partial charge on any atom is 0.274 e. The van der Waals surface area contributed by atoms with Gasteiger partial charge in [-0.1, -0.05) is 0 Å². The van der Waals surface area contributed by atoms with Crippen LogP contribution in [-0.4, -0.2) is 32.5 Å². The minimum Gasteiger partial charge on any atom is -0.368 e. The predicted octanol–water partition coefficient (Wildman–Crippen LogP) is 2.41. The molecule has 25 heavy (non-hydrogen) atoms. The van der Waals surface area contributed by atoms with Crippen LogP contribution < -0.4 is 10.6 Å². The van der Waals surface area contributed by atoms with E-state index in [1.807, 2.05) is 6.07 Å². The predicted molar refractivity (Wildman–Crippen MR) is 93.5 cm³/mol. The van der Waals surface area contributed by atoms with Crippen LogP contribution in [0.1, 0.15) is 37.8 Å². The molecular formula is C18H19N7. The van der Waals surface area contributed by atoms with Crippen LogP contribution in [0.15, 0.2) is 18.5 Å². The van der Waals surface area contributed by atoms with Gasteiger partial charge in [0.15, 0.2) is 0 Å². The van der Waals surface area contributed by atoms with Gasteiger partial charge in [-0.2, -0.15) is 0 Å². The van der Waals surface area contributed by atoms with Crippen molar-refractivity contribution in [3.05, 3.63) is 35.6 Å². The molecule has 4 aliphatic rings. The topological polar surface area (TPSA) is 85.2 Å². The normalized spacial score (nSPS) is 25.8. The summed E-state index contributed by atoms with van der Waals surface area (Å²) in [5.74, 6) is 1.78. The van der Waals surface area contributed by atoms with E-state index in [-0.39, 0.29) is 5.95 Å². The molecule has 0 radical (unpaired) electrons. The van der Waals surface area contributed by atoms with Gasteiger partial charge >= 0.3 is 0 Å². The molecule has 4 heterocycles. The minimum absolute atomic E-state index is 0.246. The monoisotopic (exact) mass is 333 g/mol. The average Bonchev–Trinajstić information content (AvgIpc) is 3.15. The molecule has 7 nitrogen and oxygen atoms in total. The van der Waals surface area contributed by atoms with Crippen molar-refractivity contribution in [3.8, 4) is 11.3 Å². The highest BCUT2D eigenvalue weighted by Crippen LogP contribution is 2.47. The van der Waals surface area contributed by atoms with Crippen LogP contribution in [0.25, 0.3) is 16.1 Å². The Morgan fingerprint density at radius 1 is 1.20 bits per heavy atom. The molecule has 2 N–H and O–H groups in total. The van der Waals surface area contributed by atoms with E-state index in [1.54, 1.807) is 12.4 Å². The number of hydrogen-bond acceptors (Lipinski definition) is 6. The summed E-state index contributed by atoms with van der Waals surface area (Å²) < 4.78 is 0. The molecule has 0 atom stereocenters.